The Morgan fingerprint density at radius 2 is 1.85 bits per heavy atom. The van der Waals surface area contributed by atoms with E-state index in [-0.39, 0.29) is 0 Å². The second kappa shape index (κ2) is 6.42. The van der Waals surface area contributed by atoms with E-state index in [1.165, 1.54) is 42.9 Å². The SMILES string of the molecule is c1cncc(CCNc2ccc(N3CCCC3)cc2)c1. The first-order valence-electron chi connectivity index (χ1n) is 7.39. The third kappa shape index (κ3) is 3.29. The second-order valence-electron chi connectivity index (χ2n) is 5.28. The average Bonchev–Trinajstić information content (AvgIpc) is 3.03. The van der Waals surface area contributed by atoms with E-state index in [4.69, 9.17) is 0 Å². The van der Waals surface area contributed by atoms with Gasteiger partial charge >= 0.3 is 0 Å². The van der Waals surface area contributed by atoms with Crippen molar-refractivity contribution < 1.29 is 0 Å². The summed E-state index contributed by atoms with van der Waals surface area (Å²) in [5, 5.41) is 3.46. The van der Waals surface area contributed by atoms with Gasteiger partial charge in [-0.1, -0.05) is 6.07 Å². The number of pyridine rings is 1. The van der Waals surface area contributed by atoms with Gasteiger partial charge in [0.25, 0.3) is 0 Å². The summed E-state index contributed by atoms with van der Waals surface area (Å²) >= 11 is 0. The van der Waals surface area contributed by atoms with Crippen molar-refractivity contribution >= 4 is 11.4 Å². The van der Waals surface area contributed by atoms with Gasteiger partial charge in [0, 0.05) is 43.4 Å². The molecule has 1 fully saturated rings. The summed E-state index contributed by atoms with van der Waals surface area (Å²) in [5.74, 6) is 0. The van der Waals surface area contributed by atoms with Crippen LogP contribution in [-0.4, -0.2) is 24.6 Å². The fraction of sp³-hybridized carbons (Fsp3) is 0.353. The van der Waals surface area contributed by atoms with Gasteiger partial charge in [-0.2, -0.15) is 0 Å². The van der Waals surface area contributed by atoms with E-state index in [0.29, 0.717) is 0 Å². The number of hydrogen-bond donors (Lipinski definition) is 1. The molecule has 0 atom stereocenters. The summed E-state index contributed by atoms with van der Waals surface area (Å²) in [6.45, 7) is 3.34. The standard InChI is InChI=1S/C17H21N3/c1-2-13-20(12-1)17-7-5-16(6-8-17)19-11-9-15-4-3-10-18-14-15/h3-8,10,14,19H,1-2,9,11-13H2. The first kappa shape index (κ1) is 13.0. The molecule has 0 saturated carbocycles. The molecule has 0 spiro atoms. The molecule has 1 aliphatic heterocycles. The zero-order chi connectivity index (χ0) is 13.6. The van der Waals surface area contributed by atoms with E-state index in [9.17, 15) is 0 Å². The van der Waals surface area contributed by atoms with Crippen molar-refractivity contribution in [3.05, 3.63) is 54.4 Å². The van der Waals surface area contributed by atoms with E-state index >= 15 is 0 Å². The van der Waals surface area contributed by atoms with Crippen LogP contribution in [0.15, 0.2) is 48.8 Å². The van der Waals surface area contributed by atoms with Gasteiger partial charge in [0.1, 0.15) is 0 Å². The van der Waals surface area contributed by atoms with Crippen LogP contribution in [0.2, 0.25) is 0 Å². The van der Waals surface area contributed by atoms with Crippen molar-refractivity contribution in [3.63, 3.8) is 0 Å². The molecule has 20 heavy (non-hydrogen) atoms. The highest BCUT2D eigenvalue weighted by Crippen LogP contribution is 2.21. The normalized spacial score (nSPS) is 14.5. The van der Waals surface area contributed by atoms with Gasteiger partial charge in [-0.25, -0.2) is 0 Å². The average molecular weight is 267 g/mol. The smallest absolute Gasteiger partial charge is 0.0367 e. The summed E-state index contributed by atoms with van der Waals surface area (Å²) in [4.78, 5) is 6.59. The molecule has 1 saturated heterocycles. The molecule has 2 heterocycles. The van der Waals surface area contributed by atoms with Crippen molar-refractivity contribution in [2.45, 2.75) is 19.3 Å². The number of hydrogen-bond acceptors (Lipinski definition) is 3. The van der Waals surface area contributed by atoms with Gasteiger partial charge in [-0.15, -0.1) is 0 Å². The van der Waals surface area contributed by atoms with Crippen LogP contribution in [0.1, 0.15) is 18.4 Å². The van der Waals surface area contributed by atoms with Crippen LogP contribution in [0.4, 0.5) is 11.4 Å². The summed E-state index contributed by atoms with van der Waals surface area (Å²) in [7, 11) is 0. The Hall–Kier alpha value is -2.03. The Labute approximate surface area is 120 Å². The molecule has 1 aromatic carbocycles. The highest BCUT2D eigenvalue weighted by Gasteiger charge is 2.11. The summed E-state index contributed by atoms with van der Waals surface area (Å²) in [6, 6.07) is 12.9. The maximum atomic E-state index is 4.13. The first-order chi connectivity index (χ1) is 9.92. The molecular weight excluding hydrogens is 246 g/mol. The second-order valence-corrected chi connectivity index (χ2v) is 5.28. The lowest BCUT2D eigenvalue weighted by Crippen LogP contribution is -2.17. The van der Waals surface area contributed by atoms with Gasteiger partial charge in [-0.05, 0) is 55.2 Å². The van der Waals surface area contributed by atoms with Crippen LogP contribution in [-0.2, 0) is 6.42 Å². The number of benzene rings is 1. The fourth-order valence-electron chi connectivity index (χ4n) is 2.66. The molecule has 104 valence electrons. The summed E-state index contributed by atoms with van der Waals surface area (Å²) in [5.41, 5.74) is 3.81. The number of nitrogens with one attached hydrogen (secondary N) is 1. The Morgan fingerprint density at radius 3 is 2.55 bits per heavy atom. The molecule has 0 unspecified atom stereocenters. The predicted octanol–water partition coefficient (Wildman–Crippen LogP) is 3.34. The maximum Gasteiger partial charge on any atom is 0.0367 e. The van der Waals surface area contributed by atoms with Crippen molar-refractivity contribution in [1.82, 2.24) is 4.98 Å². The van der Waals surface area contributed by atoms with Crippen molar-refractivity contribution in [1.29, 1.82) is 0 Å². The largest absolute Gasteiger partial charge is 0.385 e. The number of nitrogens with zero attached hydrogens (tertiary/aromatic N) is 2. The zero-order valence-corrected chi connectivity index (χ0v) is 11.8. The number of aromatic nitrogens is 1. The predicted molar refractivity (Wildman–Crippen MR) is 84.3 cm³/mol. The Morgan fingerprint density at radius 1 is 1.05 bits per heavy atom. The quantitative estimate of drug-likeness (QED) is 0.900. The molecule has 2 aromatic rings. The Bertz CT molecular complexity index is 516. The van der Waals surface area contributed by atoms with Crippen molar-refractivity contribution in [2.75, 3.05) is 29.9 Å². The topological polar surface area (TPSA) is 28.2 Å². The third-order valence-electron chi connectivity index (χ3n) is 3.80. The first-order valence-corrected chi connectivity index (χ1v) is 7.39. The highest BCUT2D eigenvalue weighted by atomic mass is 15.1. The van der Waals surface area contributed by atoms with Crippen LogP contribution in [0.5, 0.6) is 0 Å². The maximum absolute atomic E-state index is 4.13. The van der Waals surface area contributed by atoms with Gasteiger partial charge in [0.2, 0.25) is 0 Å². The van der Waals surface area contributed by atoms with Crippen LogP contribution >= 0.6 is 0 Å². The Kier molecular flexibility index (Phi) is 4.16. The molecule has 1 aliphatic rings. The molecule has 0 bridgehead atoms. The third-order valence-corrected chi connectivity index (χ3v) is 3.80. The fourth-order valence-corrected chi connectivity index (χ4v) is 2.66. The van der Waals surface area contributed by atoms with Crippen molar-refractivity contribution in [2.24, 2.45) is 0 Å². The monoisotopic (exact) mass is 267 g/mol. The van der Waals surface area contributed by atoms with Gasteiger partial charge in [0.05, 0.1) is 0 Å². The van der Waals surface area contributed by atoms with E-state index in [2.05, 4.69) is 45.5 Å². The Balaban J connectivity index is 1.50. The van der Waals surface area contributed by atoms with E-state index in [1.54, 1.807) is 0 Å². The number of rotatable bonds is 5. The highest BCUT2D eigenvalue weighted by molar-refractivity contribution is 5.55. The molecule has 0 amide bonds. The van der Waals surface area contributed by atoms with Crippen LogP contribution in [0, 0.1) is 0 Å². The van der Waals surface area contributed by atoms with Crippen LogP contribution in [0.3, 0.4) is 0 Å². The minimum absolute atomic E-state index is 0.939. The van der Waals surface area contributed by atoms with E-state index in [0.717, 1.165) is 13.0 Å². The lowest BCUT2D eigenvalue weighted by molar-refractivity contribution is 0.949. The van der Waals surface area contributed by atoms with Crippen molar-refractivity contribution in [3.8, 4) is 0 Å². The number of anilines is 2. The van der Waals surface area contributed by atoms with Gasteiger partial charge < -0.3 is 10.2 Å². The van der Waals surface area contributed by atoms with Gasteiger partial charge in [0.15, 0.2) is 0 Å². The lowest BCUT2D eigenvalue weighted by Gasteiger charge is -2.18. The molecule has 1 aromatic heterocycles. The lowest BCUT2D eigenvalue weighted by atomic mass is 10.2. The molecule has 3 nitrogen and oxygen atoms in total. The van der Waals surface area contributed by atoms with Crippen LogP contribution in [0.25, 0.3) is 0 Å². The summed E-state index contributed by atoms with van der Waals surface area (Å²) in [6.07, 6.45) is 7.39. The molecule has 3 rings (SSSR count). The minimum Gasteiger partial charge on any atom is -0.385 e. The van der Waals surface area contributed by atoms with E-state index < -0.39 is 0 Å². The molecule has 1 N–H and O–H groups in total. The molecule has 0 radical (unpaired) electrons. The molecule has 0 aliphatic carbocycles. The van der Waals surface area contributed by atoms with Gasteiger partial charge in [-0.3, -0.25) is 4.98 Å². The molecular formula is C17H21N3. The molecule has 3 heteroatoms. The van der Waals surface area contributed by atoms with E-state index in [1.807, 2.05) is 18.5 Å². The minimum atomic E-state index is 0.939. The summed E-state index contributed by atoms with van der Waals surface area (Å²) < 4.78 is 0. The van der Waals surface area contributed by atoms with Crippen LogP contribution < -0.4 is 10.2 Å². The zero-order valence-electron chi connectivity index (χ0n) is 11.8.